The molecule has 1 saturated heterocycles. The van der Waals surface area contributed by atoms with Crippen molar-refractivity contribution in [2.45, 2.75) is 32.4 Å². The molecule has 178 valence electrons. The predicted molar refractivity (Wildman–Crippen MR) is 114 cm³/mol. The van der Waals surface area contributed by atoms with Crippen LogP contribution >= 0.6 is 0 Å². The Morgan fingerprint density at radius 1 is 1.03 bits per heavy atom. The van der Waals surface area contributed by atoms with Crippen molar-refractivity contribution in [3.63, 3.8) is 0 Å². The lowest BCUT2D eigenvalue weighted by Crippen LogP contribution is -2.53. The van der Waals surface area contributed by atoms with E-state index in [1.807, 2.05) is 25.1 Å². The van der Waals surface area contributed by atoms with Crippen molar-refractivity contribution in [2.24, 2.45) is 0 Å². The number of piperazine rings is 1. The van der Waals surface area contributed by atoms with Crippen LogP contribution in [0.2, 0.25) is 0 Å². The molecule has 1 unspecified atom stereocenters. The summed E-state index contributed by atoms with van der Waals surface area (Å²) in [7, 11) is 0. The molecule has 1 fully saturated rings. The first kappa shape index (κ1) is 23.2. The fraction of sp³-hybridized carbons (Fsp3) is 0.435. The smallest absolute Gasteiger partial charge is 0.454 e. The lowest BCUT2D eigenvalue weighted by molar-refractivity contribution is -0.274. The topological polar surface area (TPSA) is 63.3 Å². The first-order valence-corrected chi connectivity index (χ1v) is 10.7. The average Bonchev–Trinajstić information content (AvgIpc) is 3.26. The largest absolute Gasteiger partial charge is 0.573 e. The number of benzene rings is 2. The fourth-order valence-electron chi connectivity index (χ4n) is 3.92. The Morgan fingerprint density at radius 3 is 2.39 bits per heavy atom. The molecule has 2 heterocycles. The molecule has 0 bridgehead atoms. The molecule has 4 rings (SSSR count). The van der Waals surface area contributed by atoms with E-state index in [4.69, 9.17) is 9.47 Å². The van der Waals surface area contributed by atoms with Gasteiger partial charge in [-0.05, 0) is 42.3 Å². The zero-order valence-corrected chi connectivity index (χ0v) is 18.2. The number of ether oxygens (including phenoxy) is 3. The number of amides is 1. The first-order valence-electron chi connectivity index (χ1n) is 10.7. The van der Waals surface area contributed by atoms with E-state index in [2.05, 4.69) is 19.9 Å². The van der Waals surface area contributed by atoms with Gasteiger partial charge < -0.3 is 19.5 Å². The Labute approximate surface area is 190 Å². The van der Waals surface area contributed by atoms with E-state index < -0.39 is 6.36 Å². The summed E-state index contributed by atoms with van der Waals surface area (Å²) < 4.78 is 51.4. The molecule has 33 heavy (non-hydrogen) atoms. The normalized spacial score (nSPS) is 17.6. The SMILES string of the molecule is CC(C(=O)NCc1ccc2c(c1)OCO2)N1CCN(Cc2ccc(OC(F)(F)F)cc2)CC1. The third kappa shape index (κ3) is 6.29. The predicted octanol–water partition coefficient (Wildman–Crippen LogP) is 3.14. The van der Waals surface area contributed by atoms with Gasteiger partial charge in [-0.3, -0.25) is 14.6 Å². The van der Waals surface area contributed by atoms with Gasteiger partial charge in [-0.1, -0.05) is 18.2 Å². The molecule has 0 aromatic heterocycles. The summed E-state index contributed by atoms with van der Waals surface area (Å²) in [4.78, 5) is 17.0. The van der Waals surface area contributed by atoms with E-state index in [1.165, 1.54) is 12.1 Å². The number of nitrogens with one attached hydrogen (secondary N) is 1. The summed E-state index contributed by atoms with van der Waals surface area (Å²) in [6.07, 6.45) is -4.69. The number of fused-ring (bicyclic) bond motifs is 1. The molecule has 2 aromatic carbocycles. The number of hydrogen-bond donors (Lipinski definition) is 1. The molecule has 0 spiro atoms. The maximum absolute atomic E-state index is 12.6. The zero-order chi connectivity index (χ0) is 23.4. The molecule has 2 aromatic rings. The van der Waals surface area contributed by atoms with Crippen LogP contribution in [0.15, 0.2) is 42.5 Å². The highest BCUT2D eigenvalue weighted by Crippen LogP contribution is 2.32. The molecule has 1 N–H and O–H groups in total. The van der Waals surface area contributed by atoms with Crippen molar-refractivity contribution < 1.29 is 32.2 Å². The molecule has 2 aliphatic heterocycles. The van der Waals surface area contributed by atoms with Crippen molar-refractivity contribution in [1.29, 1.82) is 0 Å². The minimum absolute atomic E-state index is 0.0404. The highest BCUT2D eigenvalue weighted by Gasteiger charge is 2.31. The first-order chi connectivity index (χ1) is 15.8. The molecule has 10 heteroatoms. The van der Waals surface area contributed by atoms with Crippen LogP contribution in [0.4, 0.5) is 13.2 Å². The van der Waals surface area contributed by atoms with Gasteiger partial charge in [-0.2, -0.15) is 0 Å². The summed E-state index contributed by atoms with van der Waals surface area (Å²) in [5.41, 5.74) is 1.85. The molecule has 0 aliphatic carbocycles. The van der Waals surface area contributed by atoms with Gasteiger partial charge in [0, 0.05) is 39.3 Å². The van der Waals surface area contributed by atoms with Gasteiger partial charge in [0.1, 0.15) is 5.75 Å². The van der Waals surface area contributed by atoms with Gasteiger partial charge in [0.05, 0.1) is 6.04 Å². The Morgan fingerprint density at radius 2 is 1.70 bits per heavy atom. The number of carbonyl (C=O) groups is 1. The summed E-state index contributed by atoms with van der Waals surface area (Å²) in [5.74, 6) is 1.13. The highest BCUT2D eigenvalue weighted by molar-refractivity contribution is 5.81. The number of carbonyl (C=O) groups excluding carboxylic acids is 1. The van der Waals surface area contributed by atoms with Crippen molar-refractivity contribution >= 4 is 5.91 Å². The van der Waals surface area contributed by atoms with E-state index in [-0.39, 0.29) is 24.5 Å². The van der Waals surface area contributed by atoms with Crippen LogP contribution in [-0.4, -0.2) is 61.1 Å². The minimum atomic E-state index is -4.69. The lowest BCUT2D eigenvalue weighted by atomic mass is 10.1. The Balaban J connectivity index is 1.20. The minimum Gasteiger partial charge on any atom is -0.454 e. The molecule has 7 nitrogen and oxygen atoms in total. The molecule has 1 amide bonds. The van der Waals surface area contributed by atoms with Crippen LogP contribution in [0.3, 0.4) is 0 Å². The average molecular weight is 465 g/mol. The molecule has 2 aliphatic rings. The van der Waals surface area contributed by atoms with Gasteiger partial charge in [-0.25, -0.2) is 0 Å². The monoisotopic (exact) mass is 465 g/mol. The van der Waals surface area contributed by atoms with E-state index in [1.54, 1.807) is 12.1 Å². The number of alkyl halides is 3. The second kappa shape index (κ2) is 9.88. The van der Waals surface area contributed by atoms with Crippen LogP contribution in [0, 0.1) is 0 Å². The van der Waals surface area contributed by atoms with Crippen LogP contribution in [-0.2, 0) is 17.9 Å². The Hall–Kier alpha value is -2.98. The van der Waals surface area contributed by atoms with Gasteiger partial charge in [0.25, 0.3) is 0 Å². The summed E-state index contributed by atoms with van der Waals surface area (Å²) >= 11 is 0. The van der Waals surface area contributed by atoms with Gasteiger partial charge in [-0.15, -0.1) is 13.2 Å². The second-order valence-corrected chi connectivity index (χ2v) is 8.09. The van der Waals surface area contributed by atoms with Crippen LogP contribution < -0.4 is 19.5 Å². The highest BCUT2D eigenvalue weighted by atomic mass is 19.4. The maximum atomic E-state index is 12.6. The van der Waals surface area contributed by atoms with E-state index in [0.29, 0.717) is 24.6 Å². The van der Waals surface area contributed by atoms with Crippen molar-refractivity contribution in [3.8, 4) is 17.2 Å². The number of halogens is 3. The molecular formula is C23H26F3N3O4. The molecule has 1 atom stereocenters. The maximum Gasteiger partial charge on any atom is 0.573 e. The third-order valence-electron chi connectivity index (χ3n) is 5.80. The summed E-state index contributed by atoms with van der Waals surface area (Å²) in [6.45, 7) is 6.14. The van der Waals surface area contributed by atoms with E-state index in [9.17, 15) is 18.0 Å². The molecule has 0 radical (unpaired) electrons. The third-order valence-corrected chi connectivity index (χ3v) is 5.80. The quantitative estimate of drug-likeness (QED) is 0.678. The van der Waals surface area contributed by atoms with Gasteiger partial charge in [0.15, 0.2) is 11.5 Å². The van der Waals surface area contributed by atoms with E-state index in [0.717, 1.165) is 37.3 Å². The standard InChI is InChI=1S/C23H26F3N3O4/c1-16(22(30)27-13-18-4-7-20-21(12-18)32-15-31-20)29-10-8-28(9-11-29)14-17-2-5-19(6-3-17)33-23(24,25)26/h2-7,12,16H,8-11,13-15H2,1H3,(H,27,30). The summed E-state index contributed by atoms with van der Waals surface area (Å²) in [6, 6.07) is 11.3. The number of hydrogen-bond acceptors (Lipinski definition) is 6. The fourth-order valence-corrected chi connectivity index (χ4v) is 3.92. The van der Waals surface area contributed by atoms with Crippen LogP contribution in [0.25, 0.3) is 0 Å². The Kier molecular flexibility index (Phi) is 6.94. The summed E-state index contributed by atoms with van der Waals surface area (Å²) in [5, 5.41) is 2.98. The number of rotatable bonds is 7. The van der Waals surface area contributed by atoms with Gasteiger partial charge >= 0.3 is 6.36 Å². The van der Waals surface area contributed by atoms with E-state index >= 15 is 0 Å². The van der Waals surface area contributed by atoms with Crippen molar-refractivity contribution in [2.75, 3.05) is 33.0 Å². The van der Waals surface area contributed by atoms with Crippen molar-refractivity contribution in [1.82, 2.24) is 15.1 Å². The Bertz CT molecular complexity index is 960. The molecule has 0 saturated carbocycles. The second-order valence-electron chi connectivity index (χ2n) is 8.09. The number of nitrogens with zero attached hydrogens (tertiary/aromatic N) is 2. The molecular weight excluding hydrogens is 439 g/mol. The zero-order valence-electron chi connectivity index (χ0n) is 18.2. The van der Waals surface area contributed by atoms with Crippen molar-refractivity contribution in [3.05, 3.63) is 53.6 Å². The van der Waals surface area contributed by atoms with Crippen LogP contribution in [0.1, 0.15) is 18.1 Å². The van der Waals surface area contributed by atoms with Gasteiger partial charge in [0.2, 0.25) is 12.7 Å². The lowest BCUT2D eigenvalue weighted by Gasteiger charge is -2.37. The van der Waals surface area contributed by atoms with Crippen LogP contribution in [0.5, 0.6) is 17.2 Å².